The van der Waals surface area contributed by atoms with E-state index in [9.17, 15) is 4.39 Å². The first-order valence-electron chi connectivity index (χ1n) is 7.97. The van der Waals surface area contributed by atoms with Crippen LogP contribution in [0.5, 0.6) is 0 Å². The van der Waals surface area contributed by atoms with Gasteiger partial charge in [-0.15, -0.1) is 0 Å². The average molecular weight is 310 g/mol. The maximum atomic E-state index is 12.9. The largest absolute Gasteiger partial charge is 0.469 e. The van der Waals surface area contributed by atoms with Gasteiger partial charge in [0.2, 0.25) is 0 Å². The fraction of sp³-hybridized carbons (Fsp3) is 0.200. The zero-order valence-corrected chi connectivity index (χ0v) is 13.0. The van der Waals surface area contributed by atoms with Crippen LogP contribution in [-0.2, 0) is 6.54 Å². The molecule has 0 aliphatic rings. The molecule has 0 unspecified atom stereocenters. The van der Waals surface area contributed by atoms with Gasteiger partial charge in [0.05, 0.1) is 12.8 Å². The van der Waals surface area contributed by atoms with E-state index in [0.29, 0.717) is 0 Å². The standard InChI is InChI=1S/C20H20FNO/c21-18-10-8-16(9-11-18)15-22-13-12-19(20-7-4-14-23-20)17-5-2-1-3-6-17/h1-11,14,19,22H,12-13,15H2/p+1/t19-/m0/s1. The van der Waals surface area contributed by atoms with Crippen LogP contribution in [0.3, 0.4) is 0 Å². The van der Waals surface area contributed by atoms with Crippen molar-refractivity contribution >= 4 is 0 Å². The third-order valence-electron chi connectivity index (χ3n) is 4.04. The van der Waals surface area contributed by atoms with Gasteiger partial charge in [0.15, 0.2) is 0 Å². The van der Waals surface area contributed by atoms with Crippen LogP contribution >= 0.6 is 0 Å². The zero-order valence-electron chi connectivity index (χ0n) is 13.0. The minimum absolute atomic E-state index is 0.185. The fourth-order valence-electron chi connectivity index (χ4n) is 2.82. The number of hydrogen-bond acceptors (Lipinski definition) is 1. The second-order valence-corrected chi connectivity index (χ2v) is 5.68. The molecular weight excluding hydrogens is 289 g/mol. The predicted octanol–water partition coefficient (Wildman–Crippen LogP) is 3.70. The Morgan fingerprint density at radius 3 is 2.39 bits per heavy atom. The molecule has 23 heavy (non-hydrogen) atoms. The molecule has 0 radical (unpaired) electrons. The van der Waals surface area contributed by atoms with Gasteiger partial charge in [0.1, 0.15) is 18.1 Å². The van der Waals surface area contributed by atoms with Gasteiger partial charge in [-0.3, -0.25) is 0 Å². The van der Waals surface area contributed by atoms with E-state index >= 15 is 0 Å². The summed E-state index contributed by atoms with van der Waals surface area (Å²) in [7, 11) is 0. The summed E-state index contributed by atoms with van der Waals surface area (Å²) in [6.45, 7) is 1.84. The Labute approximate surface area is 136 Å². The van der Waals surface area contributed by atoms with Crippen LogP contribution in [-0.4, -0.2) is 6.54 Å². The van der Waals surface area contributed by atoms with Crippen molar-refractivity contribution in [3.63, 3.8) is 0 Å². The van der Waals surface area contributed by atoms with Crippen LogP contribution in [0.15, 0.2) is 77.4 Å². The summed E-state index contributed by atoms with van der Waals surface area (Å²) < 4.78 is 18.5. The van der Waals surface area contributed by atoms with E-state index in [4.69, 9.17) is 4.42 Å². The summed E-state index contributed by atoms with van der Waals surface area (Å²) in [4.78, 5) is 0. The van der Waals surface area contributed by atoms with Crippen molar-refractivity contribution in [1.29, 1.82) is 0 Å². The minimum Gasteiger partial charge on any atom is -0.469 e. The van der Waals surface area contributed by atoms with Crippen molar-refractivity contribution in [2.24, 2.45) is 0 Å². The van der Waals surface area contributed by atoms with Crippen LogP contribution < -0.4 is 5.32 Å². The number of halogens is 1. The van der Waals surface area contributed by atoms with Crippen molar-refractivity contribution in [3.05, 3.63) is 95.7 Å². The molecule has 0 aliphatic heterocycles. The monoisotopic (exact) mass is 310 g/mol. The van der Waals surface area contributed by atoms with E-state index in [0.717, 1.165) is 30.8 Å². The van der Waals surface area contributed by atoms with E-state index in [1.54, 1.807) is 6.26 Å². The second kappa shape index (κ2) is 7.75. The molecule has 2 nitrogen and oxygen atoms in total. The fourth-order valence-corrected chi connectivity index (χ4v) is 2.82. The van der Waals surface area contributed by atoms with Gasteiger partial charge in [0, 0.05) is 17.9 Å². The van der Waals surface area contributed by atoms with Crippen molar-refractivity contribution in [1.82, 2.24) is 0 Å². The second-order valence-electron chi connectivity index (χ2n) is 5.68. The highest BCUT2D eigenvalue weighted by atomic mass is 19.1. The first-order valence-corrected chi connectivity index (χ1v) is 7.97. The minimum atomic E-state index is -0.185. The molecule has 0 saturated carbocycles. The summed E-state index contributed by atoms with van der Waals surface area (Å²) in [5.41, 5.74) is 2.42. The van der Waals surface area contributed by atoms with Crippen molar-refractivity contribution in [2.75, 3.05) is 6.54 Å². The SMILES string of the molecule is Fc1ccc(C[NH2+]CC[C@@H](c2ccccc2)c2ccco2)cc1. The highest BCUT2D eigenvalue weighted by molar-refractivity contribution is 5.27. The molecule has 3 aromatic rings. The molecule has 2 aromatic carbocycles. The van der Waals surface area contributed by atoms with E-state index in [2.05, 4.69) is 29.6 Å². The molecular formula is C20H21FNO+. The normalized spacial score (nSPS) is 12.2. The lowest BCUT2D eigenvalue weighted by atomic mass is 9.93. The highest BCUT2D eigenvalue weighted by Gasteiger charge is 2.17. The Bertz CT molecular complexity index is 692. The lowest BCUT2D eigenvalue weighted by Crippen LogP contribution is -2.82. The van der Waals surface area contributed by atoms with Crippen LogP contribution in [0.2, 0.25) is 0 Å². The Hall–Kier alpha value is -2.39. The number of nitrogens with two attached hydrogens (primary N) is 1. The molecule has 0 fully saturated rings. The van der Waals surface area contributed by atoms with E-state index < -0.39 is 0 Å². The Balaban J connectivity index is 1.58. The molecule has 3 rings (SSSR count). The topological polar surface area (TPSA) is 29.8 Å². The van der Waals surface area contributed by atoms with Gasteiger partial charge in [0.25, 0.3) is 0 Å². The van der Waals surface area contributed by atoms with E-state index in [-0.39, 0.29) is 11.7 Å². The number of furan rings is 1. The van der Waals surface area contributed by atoms with Crippen molar-refractivity contribution in [2.45, 2.75) is 18.9 Å². The van der Waals surface area contributed by atoms with Gasteiger partial charge in [-0.25, -0.2) is 4.39 Å². The summed E-state index contributed by atoms with van der Waals surface area (Å²) in [5, 5.41) is 2.26. The maximum Gasteiger partial charge on any atom is 0.123 e. The Kier molecular flexibility index (Phi) is 5.22. The Morgan fingerprint density at radius 1 is 0.913 bits per heavy atom. The molecule has 0 bridgehead atoms. The van der Waals surface area contributed by atoms with Crippen molar-refractivity contribution < 1.29 is 14.1 Å². The average Bonchev–Trinajstić information content (AvgIpc) is 3.11. The van der Waals surface area contributed by atoms with Gasteiger partial charge in [-0.05, 0) is 29.8 Å². The van der Waals surface area contributed by atoms with Gasteiger partial charge in [-0.1, -0.05) is 42.5 Å². The maximum absolute atomic E-state index is 12.9. The van der Waals surface area contributed by atoms with Gasteiger partial charge < -0.3 is 9.73 Å². The molecule has 0 saturated heterocycles. The van der Waals surface area contributed by atoms with E-state index in [1.165, 1.54) is 17.7 Å². The number of benzene rings is 2. The first-order chi connectivity index (χ1) is 11.3. The third-order valence-corrected chi connectivity index (χ3v) is 4.04. The molecule has 3 heteroatoms. The summed E-state index contributed by atoms with van der Waals surface area (Å²) in [6.07, 6.45) is 2.73. The molecule has 0 aliphatic carbocycles. The predicted molar refractivity (Wildman–Crippen MR) is 88.5 cm³/mol. The quantitative estimate of drug-likeness (QED) is 0.663. The van der Waals surface area contributed by atoms with Crippen LogP contribution in [0, 0.1) is 5.82 Å². The number of quaternary nitrogens is 1. The first kappa shape index (κ1) is 15.5. The number of hydrogen-bond donors (Lipinski definition) is 1. The highest BCUT2D eigenvalue weighted by Crippen LogP contribution is 2.27. The molecule has 1 heterocycles. The Morgan fingerprint density at radius 2 is 1.70 bits per heavy atom. The lowest BCUT2D eigenvalue weighted by Gasteiger charge is -2.14. The molecule has 2 N–H and O–H groups in total. The van der Waals surface area contributed by atoms with Crippen LogP contribution in [0.4, 0.5) is 4.39 Å². The molecule has 0 spiro atoms. The van der Waals surface area contributed by atoms with Gasteiger partial charge >= 0.3 is 0 Å². The molecule has 1 aromatic heterocycles. The smallest absolute Gasteiger partial charge is 0.123 e. The molecule has 1 atom stereocenters. The number of rotatable bonds is 7. The van der Waals surface area contributed by atoms with Crippen LogP contribution in [0.25, 0.3) is 0 Å². The van der Waals surface area contributed by atoms with Gasteiger partial charge in [-0.2, -0.15) is 0 Å². The summed E-state index contributed by atoms with van der Waals surface area (Å²) in [6, 6.07) is 21.1. The van der Waals surface area contributed by atoms with E-state index in [1.807, 2.05) is 30.3 Å². The molecule has 118 valence electrons. The summed E-state index contributed by atoms with van der Waals surface area (Å²) in [5.74, 6) is 1.10. The molecule has 0 amide bonds. The lowest BCUT2D eigenvalue weighted by molar-refractivity contribution is -0.671. The van der Waals surface area contributed by atoms with Crippen LogP contribution in [0.1, 0.15) is 29.2 Å². The third kappa shape index (κ3) is 4.30. The summed E-state index contributed by atoms with van der Waals surface area (Å²) >= 11 is 0. The van der Waals surface area contributed by atoms with Crippen molar-refractivity contribution in [3.8, 4) is 0 Å². The zero-order chi connectivity index (χ0) is 15.9.